The molecule has 0 aromatic carbocycles. The number of ether oxygens (including phenoxy) is 1. The number of hydrogen-bond donors (Lipinski definition) is 1. The predicted octanol–water partition coefficient (Wildman–Crippen LogP) is 1.80. The molecule has 1 aliphatic rings. The van der Waals surface area contributed by atoms with E-state index in [-0.39, 0.29) is 0 Å². The number of nitrogens with zero attached hydrogens (tertiary/aromatic N) is 2. The summed E-state index contributed by atoms with van der Waals surface area (Å²) in [5, 5.41) is 8.36. The zero-order chi connectivity index (χ0) is 11.4. The van der Waals surface area contributed by atoms with E-state index in [0.717, 1.165) is 42.1 Å². The second-order valence-corrected chi connectivity index (χ2v) is 4.42. The number of anilines is 1. The lowest BCUT2D eigenvalue weighted by molar-refractivity contribution is -0.116. The molecule has 16 heavy (non-hydrogen) atoms. The average Bonchev–Trinajstić information content (AvgIpc) is 2.78. The third kappa shape index (κ3) is 2.65. The fraction of sp³-hybridized carbons (Fsp3) is 0.500. The fourth-order valence-electron chi connectivity index (χ4n) is 1.82. The first-order valence-electron chi connectivity index (χ1n) is 5.04. The van der Waals surface area contributed by atoms with E-state index in [4.69, 9.17) is 9.99 Å². The Hall–Kier alpha value is -0.820. The van der Waals surface area contributed by atoms with Gasteiger partial charge in [0.25, 0.3) is 0 Å². The summed E-state index contributed by atoms with van der Waals surface area (Å²) in [6.45, 7) is 1.85. The second kappa shape index (κ2) is 5.49. The molecule has 1 aliphatic heterocycles. The highest BCUT2D eigenvalue weighted by atomic mass is 32.2. The zero-order valence-corrected chi connectivity index (χ0v) is 9.81. The monoisotopic (exact) mass is 242 g/mol. The van der Waals surface area contributed by atoms with Gasteiger partial charge < -0.3 is 9.64 Å². The van der Waals surface area contributed by atoms with Crippen molar-refractivity contribution < 1.29 is 14.3 Å². The first-order chi connectivity index (χ1) is 7.83. The Morgan fingerprint density at radius 2 is 2.44 bits per heavy atom. The van der Waals surface area contributed by atoms with Gasteiger partial charge in [-0.3, -0.25) is 4.98 Å². The third-order valence-electron chi connectivity index (χ3n) is 2.68. The number of hydrogen-bond acceptors (Lipinski definition) is 6. The molecule has 1 aromatic heterocycles. The summed E-state index contributed by atoms with van der Waals surface area (Å²) < 4.78 is 9.33. The summed E-state index contributed by atoms with van der Waals surface area (Å²) >= 11 is 0.890. The van der Waals surface area contributed by atoms with Crippen LogP contribution in [-0.2, 0) is 9.07 Å². The highest BCUT2D eigenvalue weighted by molar-refractivity contribution is 7.94. The Balaban J connectivity index is 2.06. The molecule has 2 heterocycles. The van der Waals surface area contributed by atoms with Crippen LogP contribution in [0.3, 0.4) is 0 Å². The van der Waals surface area contributed by atoms with E-state index in [1.54, 1.807) is 19.5 Å². The van der Waals surface area contributed by atoms with Crippen molar-refractivity contribution in [1.82, 2.24) is 4.98 Å². The van der Waals surface area contributed by atoms with Crippen LogP contribution in [0.15, 0.2) is 23.4 Å². The van der Waals surface area contributed by atoms with Crippen molar-refractivity contribution in [2.24, 2.45) is 0 Å². The molecule has 0 saturated carbocycles. The van der Waals surface area contributed by atoms with Gasteiger partial charge in [-0.2, -0.15) is 4.33 Å². The molecule has 0 bridgehead atoms. The van der Waals surface area contributed by atoms with E-state index in [1.165, 1.54) is 0 Å². The molecular weight excluding hydrogens is 228 g/mol. The molecular formula is C10H14N2O3S. The Labute approximate surface area is 98.5 Å². The molecule has 0 radical (unpaired) electrons. The highest BCUT2D eigenvalue weighted by Crippen LogP contribution is 2.25. The van der Waals surface area contributed by atoms with Gasteiger partial charge >= 0.3 is 0 Å². The van der Waals surface area contributed by atoms with E-state index in [2.05, 4.69) is 14.2 Å². The van der Waals surface area contributed by atoms with Gasteiger partial charge in [0.15, 0.2) is 0 Å². The van der Waals surface area contributed by atoms with Gasteiger partial charge in [0.05, 0.1) is 34.9 Å². The van der Waals surface area contributed by atoms with Crippen LogP contribution in [0.25, 0.3) is 0 Å². The highest BCUT2D eigenvalue weighted by Gasteiger charge is 2.22. The summed E-state index contributed by atoms with van der Waals surface area (Å²) in [7, 11) is 1.73. The van der Waals surface area contributed by atoms with Crippen molar-refractivity contribution in [1.29, 1.82) is 0 Å². The summed E-state index contributed by atoms with van der Waals surface area (Å²) in [5.74, 6) is 0. The van der Waals surface area contributed by atoms with E-state index in [9.17, 15) is 0 Å². The van der Waals surface area contributed by atoms with Crippen molar-refractivity contribution in [2.75, 3.05) is 25.1 Å². The molecule has 2 rings (SSSR count). The standard InChI is InChI=1S/C10H14N2O3S/c1-14-9-2-3-12(7-9)8-4-10(16-15-13)6-11-5-8/h4-6,9,13H,2-3,7H2,1H3/t9-/m1/s1. The molecule has 1 saturated heterocycles. The second-order valence-electron chi connectivity index (χ2n) is 3.63. The van der Waals surface area contributed by atoms with E-state index < -0.39 is 0 Å². The van der Waals surface area contributed by atoms with Gasteiger partial charge in [-0.1, -0.05) is 0 Å². The van der Waals surface area contributed by atoms with E-state index in [1.807, 2.05) is 6.07 Å². The lowest BCUT2D eigenvalue weighted by atomic mass is 10.3. The van der Waals surface area contributed by atoms with Crippen molar-refractivity contribution >= 4 is 17.7 Å². The number of pyridine rings is 1. The Bertz CT molecular complexity index is 351. The zero-order valence-electron chi connectivity index (χ0n) is 9.00. The van der Waals surface area contributed by atoms with Crippen LogP contribution >= 0.6 is 12.0 Å². The van der Waals surface area contributed by atoms with Gasteiger partial charge in [0, 0.05) is 26.4 Å². The number of methoxy groups -OCH3 is 1. The topological polar surface area (TPSA) is 54.8 Å². The summed E-state index contributed by atoms with van der Waals surface area (Å²) in [6.07, 6.45) is 4.78. The predicted molar refractivity (Wildman–Crippen MR) is 61.4 cm³/mol. The van der Waals surface area contributed by atoms with Crippen LogP contribution in [0.1, 0.15) is 6.42 Å². The van der Waals surface area contributed by atoms with Crippen LogP contribution in [-0.4, -0.2) is 36.5 Å². The Morgan fingerprint density at radius 1 is 1.56 bits per heavy atom. The molecule has 0 amide bonds. The molecule has 1 fully saturated rings. The van der Waals surface area contributed by atoms with Crippen LogP contribution in [0.5, 0.6) is 0 Å². The fourth-order valence-corrected chi connectivity index (χ4v) is 2.18. The molecule has 1 N–H and O–H groups in total. The lowest BCUT2D eigenvalue weighted by Gasteiger charge is -2.18. The molecule has 0 spiro atoms. The third-order valence-corrected chi connectivity index (χ3v) is 3.17. The molecule has 1 atom stereocenters. The van der Waals surface area contributed by atoms with Crippen LogP contribution < -0.4 is 4.90 Å². The number of rotatable bonds is 4. The average molecular weight is 242 g/mol. The summed E-state index contributed by atoms with van der Waals surface area (Å²) in [4.78, 5) is 7.09. The molecule has 0 unspecified atom stereocenters. The van der Waals surface area contributed by atoms with Crippen molar-refractivity contribution in [3.8, 4) is 0 Å². The van der Waals surface area contributed by atoms with Gasteiger partial charge in [-0.25, -0.2) is 5.26 Å². The largest absolute Gasteiger partial charge is 0.380 e. The van der Waals surface area contributed by atoms with Crippen LogP contribution in [0.4, 0.5) is 5.69 Å². The quantitative estimate of drug-likeness (QED) is 0.493. The van der Waals surface area contributed by atoms with Gasteiger partial charge in [0.1, 0.15) is 0 Å². The van der Waals surface area contributed by atoms with E-state index >= 15 is 0 Å². The minimum Gasteiger partial charge on any atom is -0.380 e. The smallest absolute Gasteiger partial charge is 0.0762 e. The van der Waals surface area contributed by atoms with Crippen molar-refractivity contribution in [2.45, 2.75) is 17.4 Å². The maximum atomic E-state index is 8.36. The summed E-state index contributed by atoms with van der Waals surface area (Å²) in [6, 6.07) is 1.94. The van der Waals surface area contributed by atoms with Crippen molar-refractivity contribution in [3.63, 3.8) is 0 Å². The van der Waals surface area contributed by atoms with Gasteiger partial charge in [-0.15, -0.1) is 0 Å². The molecule has 88 valence electrons. The Morgan fingerprint density at radius 3 is 3.12 bits per heavy atom. The van der Waals surface area contributed by atoms with E-state index in [0.29, 0.717) is 6.10 Å². The Kier molecular flexibility index (Phi) is 4.00. The first kappa shape index (κ1) is 11.7. The SMILES string of the molecule is CO[C@@H]1CCN(c2cncc(SOO)c2)C1. The van der Waals surface area contributed by atoms with Gasteiger partial charge in [0.2, 0.25) is 0 Å². The molecule has 6 heteroatoms. The minimum atomic E-state index is 0.297. The van der Waals surface area contributed by atoms with Crippen molar-refractivity contribution in [3.05, 3.63) is 18.5 Å². The van der Waals surface area contributed by atoms with Gasteiger partial charge in [-0.05, 0) is 12.5 Å². The normalized spacial score (nSPS) is 20.4. The number of aromatic nitrogens is 1. The maximum Gasteiger partial charge on any atom is 0.0762 e. The molecule has 0 aliphatic carbocycles. The maximum absolute atomic E-state index is 8.36. The lowest BCUT2D eigenvalue weighted by Crippen LogP contribution is -2.22. The van der Waals surface area contributed by atoms with Crippen LogP contribution in [0, 0.1) is 0 Å². The summed E-state index contributed by atoms with van der Waals surface area (Å²) in [5.41, 5.74) is 1.03. The first-order valence-corrected chi connectivity index (χ1v) is 5.78. The minimum absolute atomic E-state index is 0.297. The van der Waals surface area contributed by atoms with Crippen LogP contribution in [0.2, 0.25) is 0 Å². The molecule has 1 aromatic rings. The molecule has 5 nitrogen and oxygen atoms in total.